The van der Waals surface area contributed by atoms with Crippen molar-refractivity contribution >= 4 is 17.7 Å². The summed E-state index contributed by atoms with van der Waals surface area (Å²) in [5.41, 5.74) is 5.46. The maximum Gasteiger partial charge on any atom is 0.334 e. The number of nitrogens with two attached hydrogens (primary N) is 1. The van der Waals surface area contributed by atoms with Gasteiger partial charge in [-0.15, -0.1) is 0 Å². The lowest BCUT2D eigenvalue weighted by molar-refractivity contribution is -0.147. The lowest BCUT2D eigenvalue weighted by atomic mass is 10.1. The van der Waals surface area contributed by atoms with Gasteiger partial charge in [0.15, 0.2) is 6.10 Å². The molecule has 4 nitrogen and oxygen atoms in total. The van der Waals surface area contributed by atoms with Gasteiger partial charge in [0, 0.05) is 6.04 Å². The standard InChI is InChI=1S/C8H17NO3S/c1-5(2)13-4-3-6(9)7(10)8(11)12/h5-7,10H,3-4,9H2,1-2H3,(H,11,12)/t6-,7+/m1/s1. The normalized spacial score (nSPS) is 15.8. The number of thioether (sulfide) groups is 1. The van der Waals surface area contributed by atoms with Gasteiger partial charge in [0.05, 0.1) is 0 Å². The number of aliphatic carboxylic acids is 1. The Morgan fingerprint density at radius 3 is 2.46 bits per heavy atom. The Morgan fingerprint density at radius 1 is 1.54 bits per heavy atom. The molecule has 0 amide bonds. The van der Waals surface area contributed by atoms with Crippen molar-refractivity contribution in [3.8, 4) is 0 Å². The first-order chi connectivity index (χ1) is 5.95. The SMILES string of the molecule is CC(C)SCC[C@@H](N)[C@H](O)C(=O)O. The molecule has 78 valence electrons. The van der Waals surface area contributed by atoms with Crippen LogP contribution in [0.15, 0.2) is 0 Å². The third-order valence-corrected chi connectivity index (χ3v) is 2.70. The van der Waals surface area contributed by atoms with Gasteiger partial charge in [0.25, 0.3) is 0 Å². The van der Waals surface area contributed by atoms with Crippen LogP contribution in [0.2, 0.25) is 0 Å². The fraction of sp³-hybridized carbons (Fsp3) is 0.875. The zero-order valence-corrected chi connectivity index (χ0v) is 8.75. The maximum absolute atomic E-state index is 10.3. The highest BCUT2D eigenvalue weighted by Gasteiger charge is 2.21. The summed E-state index contributed by atoms with van der Waals surface area (Å²) in [6, 6.07) is -0.663. The van der Waals surface area contributed by atoms with Crippen LogP contribution < -0.4 is 5.73 Å². The maximum atomic E-state index is 10.3. The van der Waals surface area contributed by atoms with E-state index in [4.69, 9.17) is 15.9 Å². The molecule has 0 unspecified atom stereocenters. The summed E-state index contributed by atoms with van der Waals surface area (Å²) in [4.78, 5) is 10.3. The molecule has 13 heavy (non-hydrogen) atoms. The zero-order chi connectivity index (χ0) is 10.4. The first kappa shape index (κ1) is 12.7. The van der Waals surface area contributed by atoms with Crippen LogP contribution in [0, 0.1) is 0 Å². The minimum absolute atomic E-state index is 0.508. The number of aliphatic hydroxyl groups is 1. The fourth-order valence-electron chi connectivity index (χ4n) is 0.781. The van der Waals surface area contributed by atoms with Crippen molar-refractivity contribution in [2.75, 3.05) is 5.75 Å². The molecule has 0 aromatic heterocycles. The van der Waals surface area contributed by atoms with Crippen molar-refractivity contribution < 1.29 is 15.0 Å². The Bertz CT molecular complexity index is 163. The lowest BCUT2D eigenvalue weighted by Gasteiger charge is -2.14. The van der Waals surface area contributed by atoms with Gasteiger partial charge in [0.2, 0.25) is 0 Å². The molecule has 0 aromatic carbocycles. The number of hydrogen-bond donors (Lipinski definition) is 3. The van der Waals surface area contributed by atoms with E-state index in [0.717, 1.165) is 5.75 Å². The van der Waals surface area contributed by atoms with Gasteiger partial charge in [-0.2, -0.15) is 11.8 Å². The van der Waals surface area contributed by atoms with Crippen LogP contribution in [0.25, 0.3) is 0 Å². The average molecular weight is 207 g/mol. The number of rotatable bonds is 6. The van der Waals surface area contributed by atoms with Crippen LogP contribution in [0.3, 0.4) is 0 Å². The van der Waals surface area contributed by atoms with Gasteiger partial charge in [-0.05, 0) is 17.4 Å². The van der Waals surface area contributed by atoms with E-state index in [1.165, 1.54) is 0 Å². The summed E-state index contributed by atoms with van der Waals surface area (Å²) in [6.45, 7) is 4.12. The first-order valence-corrected chi connectivity index (χ1v) is 5.28. The predicted octanol–water partition coefficient (Wildman–Crippen LogP) is 0.291. The second kappa shape index (κ2) is 6.23. The quantitative estimate of drug-likeness (QED) is 0.583. The summed E-state index contributed by atoms with van der Waals surface area (Å²) < 4.78 is 0. The smallest absolute Gasteiger partial charge is 0.334 e. The largest absolute Gasteiger partial charge is 0.479 e. The van der Waals surface area contributed by atoms with Crippen LogP contribution in [0.1, 0.15) is 20.3 Å². The summed E-state index contributed by atoms with van der Waals surface area (Å²) in [7, 11) is 0. The molecule has 0 aliphatic heterocycles. The molecule has 0 aliphatic rings. The van der Waals surface area contributed by atoms with Crippen LogP contribution >= 0.6 is 11.8 Å². The van der Waals surface area contributed by atoms with Crippen LogP contribution in [-0.2, 0) is 4.79 Å². The highest BCUT2D eigenvalue weighted by molar-refractivity contribution is 7.99. The molecule has 2 atom stereocenters. The topological polar surface area (TPSA) is 83.5 Å². The molecule has 0 saturated heterocycles. The van der Waals surface area contributed by atoms with Crippen molar-refractivity contribution in [1.82, 2.24) is 0 Å². The van der Waals surface area contributed by atoms with E-state index < -0.39 is 18.1 Å². The van der Waals surface area contributed by atoms with Crippen molar-refractivity contribution in [2.45, 2.75) is 37.7 Å². The Hall–Kier alpha value is -0.260. The number of hydrogen-bond acceptors (Lipinski definition) is 4. The van der Waals surface area contributed by atoms with E-state index in [1.54, 1.807) is 11.8 Å². The van der Waals surface area contributed by atoms with Gasteiger partial charge >= 0.3 is 5.97 Å². The second-order valence-corrected chi connectivity index (χ2v) is 4.84. The molecule has 0 spiro atoms. The van der Waals surface area contributed by atoms with Crippen LogP contribution in [-0.4, -0.2) is 39.3 Å². The van der Waals surface area contributed by atoms with E-state index in [9.17, 15) is 4.79 Å². The first-order valence-electron chi connectivity index (χ1n) is 4.23. The highest BCUT2D eigenvalue weighted by Crippen LogP contribution is 2.12. The third-order valence-electron chi connectivity index (χ3n) is 1.56. The molecule has 0 aromatic rings. The highest BCUT2D eigenvalue weighted by atomic mass is 32.2. The molecular formula is C8H17NO3S. The Morgan fingerprint density at radius 2 is 2.08 bits per heavy atom. The molecule has 0 saturated carbocycles. The Balaban J connectivity index is 3.61. The second-order valence-electron chi connectivity index (χ2n) is 3.16. The van der Waals surface area contributed by atoms with Crippen molar-refractivity contribution in [3.05, 3.63) is 0 Å². The van der Waals surface area contributed by atoms with E-state index in [0.29, 0.717) is 11.7 Å². The molecule has 0 radical (unpaired) electrons. The molecule has 0 rings (SSSR count). The van der Waals surface area contributed by atoms with Gasteiger partial charge in [-0.25, -0.2) is 4.79 Å². The number of aliphatic hydroxyl groups excluding tert-OH is 1. The van der Waals surface area contributed by atoms with Crippen molar-refractivity contribution in [1.29, 1.82) is 0 Å². The van der Waals surface area contributed by atoms with Crippen LogP contribution in [0.5, 0.6) is 0 Å². The Labute approximate surface area is 82.5 Å². The molecule has 4 N–H and O–H groups in total. The Kier molecular flexibility index (Phi) is 6.11. The van der Waals surface area contributed by atoms with Crippen molar-refractivity contribution in [3.63, 3.8) is 0 Å². The minimum Gasteiger partial charge on any atom is -0.479 e. The lowest BCUT2D eigenvalue weighted by Crippen LogP contribution is -2.40. The molecule has 0 heterocycles. The molecule has 0 bridgehead atoms. The zero-order valence-electron chi connectivity index (χ0n) is 7.93. The minimum atomic E-state index is -1.44. The molecule has 0 aliphatic carbocycles. The summed E-state index contributed by atoms with van der Waals surface area (Å²) >= 11 is 1.70. The molecule has 0 fully saturated rings. The van der Waals surface area contributed by atoms with Crippen molar-refractivity contribution in [2.24, 2.45) is 5.73 Å². The molecule has 5 heteroatoms. The van der Waals surface area contributed by atoms with E-state index >= 15 is 0 Å². The van der Waals surface area contributed by atoms with Gasteiger partial charge in [0.1, 0.15) is 0 Å². The summed E-state index contributed by atoms with van der Waals surface area (Å²) in [5, 5.41) is 18.0. The number of carbonyl (C=O) groups is 1. The summed E-state index contributed by atoms with van der Waals surface area (Å²) in [6.07, 6.45) is -0.913. The van der Waals surface area contributed by atoms with Gasteiger partial charge < -0.3 is 15.9 Å². The number of carboxylic acid groups (broad SMARTS) is 1. The van der Waals surface area contributed by atoms with Gasteiger partial charge in [-0.1, -0.05) is 13.8 Å². The van der Waals surface area contributed by atoms with Gasteiger partial charge in [-0.3, -0.25) is 0 Å². The van der Waals surface area contributed by atoms with E-state index in [-0.39, 0.29) is 0 Å². The number of carboxylic acids is 1. The predicted molar refractivity (Wildman–Crippen MR) is 53.8 cm³/mol. The summed E-state index contributed by atoms with van der Waals surface area (Å²) in [5.74, 6) is -0.467. The van der Waals surface area contributed by atoms with E-state index in [1.807, 2.05) is 0 Å². The monoisotopic (exact) mass is 207 g/mol. The third kappa shape index (κ3) is 5.90. The van der Waals surface area contributed by atoms with Crippen LogP contribution in [0.4, 0.5) is 0 Å². The van der Waals surface area contributed by atoms with E-state index in [2.05, 4.69) is 13.8 Å². The average Bonchev–Trinajstić information content (AvgIpc) is 2.02. The fourth-order valence-corrected chi connectivity index (χ4v) is 1.66. The molecular weight excluding hydrogens is 190 g/mol.